The lowest BCUT2D eigenvalue weighted by molar-refractivity contribution is -0.135. The number of carbonyl (C=O) groups is 1. The molecule has 1 aliphatic heterocycles. The topological polar surface area (TPSA) is 49.6 Å². The van der Waals surface area contributed by atoms with Gasteiger partial charge < -0.3 is 15.5 Å². The normalized spacial score (nSPS) is 18.9. The number of benzene rings is 1. The predicted octanol–water partition coefficient (Wildman–Crippen LogP) is 2.35. The predicted molar refractivity (Wildman–Crippen MR) is 83.7 cm³/mol. The molecule has 2 N–H and O–H groups in total. The molecule has 0 radical (unpaired) electrons. The van der Waals surface area contributed by atoms with E-state index in [4.69, 9.17) is 5.73 Å². The summed E-state index contributed by atoms with van der Waals surface area (Å²) < 4.78 is 0. The highest BCUT2D eigenvalue weighted by Crippen LogP contribution is 2.25. The Morgan fingerprint density at radius 1 is 1.30 bits per heavy atom. The van der Waals surface area contributed by atoms with Gasteiger partial charge in [0.15, 0.2) is 0 Å². The van der Waals surface area contributed by atoms with Crippen molar-refractivity contribution in [3.05, 3.63) is 24.3 Å². The number of amides is 1. The van der Waals surface area contributed by atoms with Gasteiger partial charge in [0.1, 0.15) is 0 Å². The Bertz CT molecular complexity index is 440. The number of nitrogens with zero attached hydrogens (tertiary/aromatic N) is 2. The quantitative estimate of drug-likeness (QED) is 0.858. The Hall–Kier alpha value is -1.71. The number of hydrogen-bond donors (Lipinski definition) is 1. The van der Waals surface area contributed by atoms with Crippen molar-refractivity contribution >= 4 is 17.3 Å². The molecule has 1 saturated heterocycles. The van der Waals surface area contributed by atoms with Crippen LogP contribution < -0.4 is 10.6 Å². The zero-order valence-electron chi connectivity index (χ0n) is 12.5. The molecule has 0 spiro atoms. The van der Waals surface area contributed by atoms with Gasteiger partial charge in [-0.05, 0) is 51.0 Å². The zero-order valence-corrected chi connectivity index (χ0v) is 12.5. The van der Waals surface area contributed by atoms with Gasteiger partial charge in [-0.15, -0.1) is 0 Å². The van der Waals surface area contributed by atoms with Crippen molar-refractivity contribution in [3.8, 4) is 0 Å². The summed E-state index contributed by atoms with van der Waals surface area (Å²) in [5.41, 5.74) is 7.67. The van der Waals surface area contributed by atoms with Crippen LogP contribution in [0.3, 0.4) is 0 Å². The monoisotopic (exact) mass is 275 g/mol. The van der Waals surface area contributed by atoms with Gasteiger partial charge in [0, 0.05) is 37.6 Å². The number of piperidine rings is 1. The molecule has 1 heterocycles. The van der Waals surface area contributed by atoms with Crippen molar-refractivity contribution in [1.82, 2.24) is 4.90 Å². The minimum Gasteiger partial charge on any atom is -0.399 e. The second-order valence-electron chi connectivity index (χ2n) is 5.39. The first-order valence-corrected chi connectivity index (χ1v) is 7.55. The van der Waals surface area contributed by atoms with Crippen LogP contribution in [0.25, 0.3) is 0 Å². The van der Waals surface area contributed by atoms with Crippen LogP contribution in [0.4, 0.5) is 11.4 Å². The van der Waals surface area contributed by atoms with E-state index in [0.29, 0.717) is 5.91 Å². The van der Waals surface area contributed by atoms with Crippen LogP contribution in [0.1, 0.15) is 26.7 Å². The van der Waals surface area contributed by atoms with Gasteiger partial charge >= 0.3 is 0 Å². The van der Waals surface area contributed by atoms with E-state index in [1.165, 1.54) is 0 Å². The SMILES string of the molecule is CCN(CC)C(=O)C1CCCN(c2ccc(N)cc2)C1. The molecule has 4 nitrogen and oxygen atoms in total. The smallest absolute Gasteiger partial charge is 0.227 e. The molecule has 1 atom stereocenters. The van der Waals surface area contributed by atoms with E-state index in [2.05, 4.69) is 4.90 Å². The van der Waals surface area contributed by atoms with Crippen molar-refractivity contribution in [2.24, 2.45) is 5.92 Å². The van der Waals surface area contributed by atoms with E-state index in [9.17, 15) is 4.79 Å². The van der Waals surface area contributed by atoms with Gasteiger partial charge in [0.25, 0.3) is 0 Å². The highest BCUT2D eigenvalue weighted by molar-refractivity contribution is 5.79. The fourth-order valence-electron chi connectivity index (χ4n) is 2.89. The van der Waals surface area contributed by atoms with E-state index in [-0.39, 0.29) is 5.92 Å². The summed E-state index contributed by atoms with van der Waals surface area (Å²) in [6.07, 6.45) is 2.07. The summed E-state index contributed by atoms with van der Waals surface area (Å²) in [6.45, 7) is 7.52. The lowest BCUT2D eigenvalue weighted by atomic mass is 9.96. The number of rotatable bonds is 4. The first kappa shape index (κ1) is 14.7. The molecular formula is C16H25N3O. The maximum atomic E-state index is 12.5. The van der Waals surface area contributed by atoms with E-state index >= 15 is 0 Å². The summed E-state index contributed by atoms with van der Waals surface area (Å²) in [6, 6.07) is 7.93. The van der Waals surface area contributed by atoms with Gasteiger partial charge in [-0.3, -0.25) is 4.79 Å². The second-order valence-corrected chi connectivity index (χ2v) is 5.39. The molecule has 1 aliphatic rings. The average Bonchev–Trinajstić information content (AvgIpc) is 2.49. The van der Waals surface area contributed by atoms with Crippen LogP contribution in [0.5, 0.6) is 0 Å². The maximum Gasteiger partial charge on any atom is 0.227 e. The summed E-state index contributed by atoms with van der Waals surface area (Å²) in [7, 11) is 0. The van der Waals surface area contributed by atoms with Gasteiger partial charge in [0.05, 0.1) is 5.92 Å². The minimum atomic E-state index is 0.126. The molecule has 110 valence electrons. The molecule has 0 aromatic heterocycles. The molecule has 1 amide bonds. The van der Waals surface area contributed by atoms with Gasteiger partial charge in [-0.1, -0.05) is 0 Å². The van der Waals surface area contributed by atoms with Crippen LogP contribution in [-0.4, -0.2) is 37.0 Å². The lowest BCUT2D eigenvalue weighted by Gasteiger charge is -2.35. The Morgan fingerprint density at radius 2 is 1.95 bits per heavy atom. The summed E-state index contributed by atoms with van der Waals surface area (Å²) in [5.74, 6) is 0.427. The van der Waals surface area contributed by atoms with Gasteiger partial charge in [0.2, 0.25) is 5.91 Å². The van der Waals surface area contributed by atoms with E-state index < -0.39 is 0 Å². The van der Waals surface area contributed by atoms with E-state index in [1.807, 2.05) is 43.0 Å². The molecule has 1 aromatic rings. The lowest BCUT2D eigenvalue weighted by Crippen LogP contribution is -2.44. The van der Waals surface area contributed by atoms with Crippen LogP contribution in [0.15, 0.2) is 24.3 Å². The van der Waals surface area contributed by atoms with Crippen molar-refractivity contribution in [1.29, 1.82) is 0 Å². The summed E-state index contributed by atoms with van der Waals surface area (Å²) >= 11 is 0. The van der Waals surface area contributed by atoms with Gasteiger partial charge in [-0.25, -0.2) is 0 Å². The number of anilines is 2. The molecule has 1 unspecified atom stereocenters. The van der Waals surface area contributed by atoms with Crippen molar-refractivity contribution in [2.45, 2.75) is 26.7 Å². The Kier molecular flexibility index (Phi) is 4.88. The first-order valence-electron chi connectivity index (χ1n) is 7.55. The van der Waals surface area contributed by atoms with Crippen LogP contribution in [0.2, 0.25) is 0 Å². The van der Waals surface area contributed by atoms with E-state index in [0.717, 1.165) is 50.4 Å². The van der Waals surface area contributed by atoms with Gasteiger partial charge in [-0.2, -0.15) is 0 Å². The second kappa shape index (κ2) is 6.64. The summed E-state index contributed by atoms with van der Waals surface area (Å²) in [4.78, 5) is 16.7. The van der Waals surface area contributed by atoms with Crippen molar-refractivity contribution < 1.29 is 4.79 Å². The zero-order chi connectivity index (χ0) is 14.5. The fourth-order valence-corrected chi connectivity index (χ4v) is 2.89. The Balaban J connectivity index is 2.04. The molecule has 2 rings (SSSR count). The van der Waals surface area contributed by atoms with Crippen molar-refractivity contribution in [2.75, 3.05) is 36.8 Å². The number of nitrogens with two attached hydrogens (primary N) is 1. The number of hydrogen-bond acceptors (Lipinski definition) is 3. The molecular weight excluding hydrogens is 250 g/mol. The Morgan fingerprint density at radius 3 is 2.55 bits per heavy atom. The molecule has 20 heavy (non-hydrogen) atoms. The third-order valence-corrected chi connectivity index (χ3v) is 4.10. The third-order valence-electron chi connectivity index (χ3n) is 4.10. The molecule has 0 saturated carbocycles. The third kappa shape index (κ3) is 3.24. The number of carbonyl (C=O) groups excluding carboxylic acids is 1. The summed E-state index contributed by atoms with van der Waals surface area (Å²) in [5, 5.41) is 0. The highest BCUT2D eigenvalue weighted by Gasteiger charge is 2.28. The van der Waals surface area contributed by atoms with Crippen LogP contribution in [-0.2, 0) is 4.79 Å². The molecule has 1 aromatic carbocycles. The number of nitrogen functional groups attached to an aromatic ring is 1. The van der Waals surface area contributed by atoms with Crippen LogP contribution in [0, 0.1) is 5.92 Å². The van der Waals surface area contributed by atoms with E-state index in [1.54, 1.807) is 0 Å². The molecule has 1 fully saturated rings. The standard InChI is InChI=1S/C16H25N3O/c1-3-18(4-2)16(20)13-6-5-11-19(12-13)15-9-7-14(17)8-10-15/h7-10,13H,3-6,11-12,17H2,1-2H3. The fraction of sp³-hybridized carbons (Fsp3) is 0.562. The molecule has 0 aliphatic carbocycles. The molecule has 4 heteroatoms. The average molecular weight is 275 g/mol. The minimum absolute atomic E-state index is 0.126. The Labute approximate surface area is 121 Å². The largest absolute Gasteiger partial charge is 0.399 e. The maximum absolute atomic E-state index is 12.5. The first-order chi connectivity index (χ1) is 9.65. The van der Waals surface area contributed by atoms with Crippen LogP contribution >= 0.6 is 0 Å². The van der Waals surface area contributed by atoms with Crippen molar-refractivity contribution in [3.63, 3.8) is 0 Å². The molecule has 0 bridgehead atoms. The highest BCUT2D eigenvalue weighted by atomic mass is 16.2.